The van der Waals surface area contributed by atoms with Gasteiger partial charge in [0.05, 0.1) is 45.5 Å². The zero-order chi connectivity index (χ0) is 107. The molecule has 3 saturated heterocycles. The Hall–Kier alpha value is -13.3. The predicted octanol–water partition coefficient (Wildman–Crippen LogP) is -0.553. The maximum absolute atomic E-state index is 15.6. The number of allylic oxidation sites excluding steroid dienone is 1. The van der Waals surface area contributed by atoms with Gasteiger partial charge in [-0.25, -0.2) is 0 Å². The lowest BCUT2D eigenvalue weighted by atomic mass is 9.99. The molecule has 0 saturated carbocycles. The molecule has 0 aliphatic carbocycles. The lowest BCUT2D eigenvalue weighted by molar-refractivity contribution is -0.148. The number of unbranched alkanes of at least 4 members (excludes halogenated alkanes) is 13. The van der Waals surface area contributed by atoms with Crippen molar-refractivity contribution in [2.24, 2.45) is 22.2 Å². The molecule has 4 aliphatic heterocycles. The smallest absolute Gasteiger partial charge is 0.317 e. The van der Waals surface area contributed by atoms with Gasteiger partial charge in [-0.15, -0.1) is 0 Å². The summed E-state index contributed by atoms with van der Waals surface area (Å²) in [5.74, 6) is -16.9. The Kier molecular flexibility index (Phi) is 56.6. The van der Waals surface area contributed by atoms with Crippen molar-refractivity contribution in [2.45, 2.75) is 317 Å². The van der Waals surface area contributed by atoms with Crippen LogP contribution in [0.3, 0.4) is 0 Å². The van der Waals surface area contributed by atoms with Crippen molar-refractivity contribution in [3.63, 3.8) is 0 Å². The minimum Gasteiger partial charge on any atom is -0.481 e. The highest BCUT2D eigenvalue weighted by molar-refractivity contribution is 6.01. The fourth-order valence-electron chi connectivity index (χ4n) is 17.7. The predicted molar refractivity (Wildman–Crippen MR) is 535 cm³/mol. The zero-order valence-electron chi connectivity index (χ0n) is 83.8. The van der Waals surface area contributed by atoms with Crippen LogP contribution in [0.4, 0.5) is 0 Å². The van der Waals surface area contributed by atoms with Crippen LogP contribution in [0.25, 0.3) is 10.9 Å². The maximum Gasteiger partial charge on any atom is 0.317 e. The van der Waals surface area contributed by atoms with E-state index < -0.39 is 224 Å². The highest BCUT2D eigenvalue weighted by atomic mass is 16.5. The number of carboxylic acids is 4. The summed E-state index contributed by atoms with van der Waals surface area (Å²) in [6.07, 6.45) is 17.5. The number of aromatic nitrogens is 1. The number of aliphatic carboxylic acids is 4. The average Bonchev–Trinajstić information content (AvgIpc) is 1.54. The molecule has 1 aromatic carbocycles. The van der Waals surface area contributed by atoms with Crippen LogP contribution in [0.5, 0.6) is 0 Å². The van der Waals surface area contributed by atoms with Crippen molar-refractivity contribution in [1.82, 2.24) is 94.1 Å². The first-order valence-corrected chi connectivity index (χ1v) is 51.0. The maximum atomic E-state index is 15.6. The molecule has 1 aromatic heterocycles. The van der Waals surface area contributed by atoms with Gasteiger partial charge in [-0.3, -0.25) is 112 Å². The normalized spacial score (nSPS) is 19.0. The number of nitrogens with zero attached hydrogens (tertiary/aromatic N) is 4. The van der Waals surface area contributed by atoms with Crippen LogP contribution in [0.15, 0.2) is 47.2 Å². The number of carbonyl (C=O) groups excluding carboxylic acids is 15. The van der Waals surface area contributed by atoms with Crippen molar-refractivity contribution in [2.75, 3.05) is 98.4 Å². The SMILES string of the molecule is CC(=O)N[C@H]1CCCCC(=O)C[C@@H](C(=O)N2CCC[C@H]2C(=O)N2CCC[C@H]2C(=O)N[C@@H](CCCNC(=N)N)C(=O)N[C@@H](CCC(=O)O)C(=O)N[C@@H](CCCCN(CC(=O)O)CC(=O)O)CN[C@@H](CCCCNC(=O)COCCOCCNC(=O)CCCCCCCCCCCCCCC(=O)O)C(N)=O)NC(=O)[C@H](Cc2c[nH]c3ccccc23)NC(=O)[C@H](CCCNC(=N)N)NC(=O)CNC(=O)[C@H](CC2=CCC=N2)NC1=O. The molecule has 6 rings (SSSR count). The van der Waals surface area contributed by atoms with Crippen molar-refractivity contribution in [1.29, 1.82) is 10.8 Å². The van der Waals surface area contributed by atoms with E-state index in [9.17, 15) is 87.2 Å². The molecule has 14 amide bonds. The minimum atomic E-state index is -1.77. The summed E-state index contributed by atoms with van der Waals surface area (Å²) in [4.78, 5) is 271. The van der Waals surface area contributed by atoms with Gasteiger partial charge >= 0.3 is 23.9 Å². The zero-order valence-corrected chi connectivity index (χ0v) is 83.8. The molecule has 49 nitrogen and oxygen atoms in total. The molecule has 0 unspecified atom stereocenters. The van der Waals surface area contributed by atoms with Crippen LogP contribution >= 0.6 is 0 Å². The molecule has 11 atom stereocenters. The lowest BCUT2D eigenvalue weighted by Gasteiger charge is -2.33. The fourth-order valence-corrected chi connectivity index (χ4v) is 17.7. The molecule has 5 heterocycles. The number of nitrogens with two attached hydrogens (primary N) is 3. The first-order valence-electron chi connectivity index (χ1n) is 51.0. The van der Waals surface area contributed by atoms with E-state index in [4.69, 9.17) is 42.6 Å². The Bertz CT molecular complexity index is 4710. The highest BCUT2D eigenvalue weighted by Gasteiger charge is 2.46. The van der Waals surface area contributed by atoms with E-state index in [-0.39, 0.29) is 200 Å². The quantitative estimate of drug-likeness (QED) is 0.0224. The molecule has 0 bridgehead atoms. The van der Waals surface area contributed by atoms with Gasteiger partial charge in [0.2, 0.25) is 82.7 Å². The van der Waals surface area contributed by atoms with Crippen molar-refractivity contribution >= 4 is 141 Å². The van der Waals surface area contributed by atoms with Crippen LogP contribution in [-0.2, 0) is 107 Å². The molecular formula is C97H154N24O25. The summed E-state index contributed by atoms with van der Waals surface area (Å²) in [5.41, 5.74) is 18.7. The number of primary amides is 1. The summed E-state index contributed by atoms with van der Waals surface area (Å²) < 4.78 is 11.0. The molecule has 812 valence electrons. The number of nitrogens with one attached hydrogen (secondary N) is 17. The number of amides is 14. The van der Waals surface area contributed by atoms with Crippen LogP contribution in [-0.4, -0.2) is 335 Å². The summed E-state index contributed by atoms with van der Waals surface area (Å²) in [5, 5.41) is 91.9. The highest BCUT2D eigenvalue weighted by Crippen LogP contribution is 2.29. The number of ketones is 1. The Morgan fingerprint density at radius 1 is 0.541 bits per heavy atom. The number of H-pyrrole nitrogens is 1. The number of Topliss-reactive ketones (excluding diaryl/α,β-unsaturated/α-hetero) is 1. The first kappa shape index (κ1) is 121. The molecule has 2 aromatic rings. The molecule has 0 radical (unpaired) electrons. The Morgan fingerprint density at radius 2 is 1.13 bits per heavy atom. The van der Waals surface area contributed by atoms with Gasteiger partial charge in [-0.05, 0) is 134 Å². The van der Waals surface area contributed by atoms with Crippen molar-refractivity contribution in [3.8, 4) is 0 Å². The minimum absolute atomic E-state index is 0.00577. The second kappa shape index (κ2) is 68.1. The second-order valence-electron chi connectivity index (χ2n) is 37.2. The van der Waals surface area contributed by atoms with E-state index in [1.165, 1.54) is 34.5 Å². The van der Waals surface area contributed by atoms with Gasteiger partial charge in [0.25, 0.3) is 0 Å². The monoisotopic (exact) mass is 2060 g/mol. The number of hydrogen-bond acceptors (Lipinski definition) is 26. The molecular weight excluding hydrogens is 1900 g/mol. The van der Waals surface area contributed by atoms with E-state index in [0.717, 1.165) is 64.2 Å². The number of rotatable bonds is 65. The molecule has 27 N–H and O–H groups in total. The Balaban J connectivity index is 1.14. The number of aromatic amines is 1. The number of guanidine groups is 2. The van der Waals surface area contributed by atoms with Gasteiger partial charge in [-0.1, -0.05) is 101 Å². The van der Waals surface area contributed by atoms with Crippen LogP contribution in [0.2, 0.25) is 0 Å². The van der Waals surface area contributed by atoms with Crippen molar-refractivity contribution in [3.05, 3.63) is 47.8 Å². The van der Waals surface area contributed by atoms with E-state index in [0.29, 0.717) is 54.4 Å². The van der Waals surface area contributed by atoms with Gasteiger partial charge in [0, 0.05) is 139 Å². The van der Waals surface area contributed by atoms with Gasteiger partial charge < -0.3 is 136 Å². The Labute approximate surface area is 849 Å². The largest absolute Gasteiger partial charge is 0.481 e. The number of benzene rings is 1. The standard InChI is InChI=1S/C97H154N24O25/c1-62(122)111-70-33-16-14-29-66(123)55-76(118-92(141)74(53-63-56-108-68-31-17-15-30-67(63)68)116-90(139)71(34-23-44-106-96(99)100)113-80(125)58-110-87(136)75(117-89(70)138)54-64-28-22-43-103-64)94(143)121-49-26-37-78(121)95(144)120-48-25-36-77(120)93(142)115-72(35-24-45-107-97(101)102)91(140)114-73(40-41-83(129)130)88(137)112-65(27-19-21-47-119(59-84(131)132)60-85(133)134)57-109-69(86(98)135)32-18-20-42-104-81(126)61-146-52-51-145-50-46-105-79(124)38-12-10-8-6-4-2-3-5-7-9-11-13-39-82(127)128/h15,17,28,30-31,43,56,65,69-78,108-109H,2-14,16,18-27,29,32-42,44-55,57-61H2,1H3,(H2,98,135)(H,104,126)(H,105,124)(H,110,136)(H,111,122)(H,112,137)(H,113,125)(H,114,140)(H,115,142)(H,116,139)(H,117,138)(H,118,141)(H,127,128)(H,129,130)(H,131,132)(H,133,134)(H4,99,100,106)(H4,101,102,107)/t65-,69-,70-,71-,72-,73-,74-,75-,76-,77-,78-/m0/s1. The molecule has 49 heteroatoms. The topological polar surface area (TPSA) is 756 Å². The van der Waals surface area contributed by atoms with E-state index in [1.54, 1.807) is 42.8 Å². The van der Waals surface area contributed by atoms with Crippen LogP contribution < -0.4 is 91.6 Å². The second-order valence-corrected chi connectivity index (χ2v) is 37.2. The number of para-hydroxylation sites is 1. The number of aliphatic imine (C=N–C) groups is 1. The summed E-state index contributed by atoms with van der Waals surface area (Å²) >= 11 is 0. The summed E-state index contributed by atoms with van der Waals surface area (Å²) in [6.45, 7) is -0.425. The number of carboxylic acid groups (broad SMARTS) is 4. The number of carbonyl (C=O) groups is 19. The van der Waals surface area contributed by atoms with Gasteiger partial charge in [0.15, 0.2) is 11.9 Å². The number of ether oxygens (including phenoxy) is 2. The molecule has 146 heavy (non-hydrogen) atoms. The third-order valence-electron chi connectivity index (χ3n) is 25.3. The molecule has 0 spiro atoms. The van der Waals surface area contributed by atoms with Crippen LogP contribution in [0, 0.1) is 10.8 Å². The molecule has 4 aliphatic rings. The summed E-state index contributed by atoms with van der Waals surface area (Å²) in [6, 6.07) is -8.29. The first-order chi connectivity index (χ1) is 69.9. The van der Waals surface area contributed by atoms with Gasteiger partial charge in [0.1, 0.15) is 66.8 Å². The third-order valence-corrected chi connectivity index (χ3v) is 25.3. The Morgan fingerprint density at radius 3 is 1.78 bits per heavy atom. The number of fused-ring (bicyclic) bond motifs is 1. The lowest BCUT2D eigenvalue weighted by Crippen LogP contribution is -2.60. The van der Waals surface area contributed by atoms with E-state index in [2.05, 4.69) is 84.4 Å². The van der Waals surface area contributed by atoms with E-state index >= 15 is 19.2 Å². The van der Waals surface area contributed by atoms with Crippen molar-refractivity contribution < 1.29 is 121 Å². The third kappa shape index (κ3) is 48.6. The molecule has 3 fully saturated rings. The number of hydrogen-bond donors (Lipinski definition) is 24. The van der Waals surface area contributed by atoms with Gasteiger partial charge in [-0.2, -0.15) is 0 Å². The number of likely N-dealkylation sites (tertiary alicyclic amines) is 2. The average molecular weight is 2060 g/mol. The van der Waals surface area contributed by atoms with E-state index in [1.807, 2.05) is 0 Å². The van der Waals surface area contributed by atoms with Crippen LogP contribution in [0.1, 0.15) is 250 Å². The summed E-state index contributed by atoms with van der Waals surface area (Å²) in [7, 11) is 0. The fraction of sp³-hybridized carbons (Fsp3) is 0.670.